The monoisotopic (exact) mass is 296 g/mol. The van der Waals surface area contributed by atoms with Gasteiger partial charge in [-0.15, -0.1) is 0 Å². The summed E-state index contributed by atoms with van der Waals surface area (Å²) in [6, 6.07) is 17.0. The van der Waals surface area contributed by atoms with Crippen molar-refractivity contribution in [1.82, 2.24) is 0 Å². The summed E-state index contributed by atoms with van der Waals surface area (Å²) in [5.41, 5.74) is 10.0. The Labute approximate surface area is 132 Å². The fourth-order valence-electron chi connectivity index (χ4n) is 3.23. The molecule has 2 aromatic carbocycles. The van der Waals surface area contributed by atoms with Crippen molar-refractivity contribution in [1.29, 1.82) is 0 Å². The second-order valence-electron chi connectivity index (χ2n) is 6.03. The number of benzene rings is 2. The first-order valence-corrected chi connectivity index (χ1v) is 8.01. The zero-order valence-corrected chi connectivity index (χ0v) is 13.3. The first-order valence-electron chi connectivity index (χ1n) is 8.01. The molecule has 3 rings (SSSR count). The van der Waals surface area contributed by atoms with E-state index in [9.17, 15) is 0 Å². The van der Waals surface area contributed by atoms with Crippen LogP contribution in [0.1, 0.15) is 31.0 Å². The lowest BCUT2D eigenvalue weighted by atomic mass is 10.0. The van der Waals surface area contributed by atoms with Crippen molar-refractivity contribution < 1.29 is 4.74 Å². The number of hydrogen-bond donors (Lipinski definition) is 1. The Morgan fingerprint density at radius 1 is 1.09 bits per heavy atom. The van der Waals surface area contributed by atoms with Crippen LogP contribution in [0, 0.1) is 0 Å². The number of para-hydroxylation sites is 2. The molecule has 3 nitrogen and oxygen atoms in total. The van der Waals surface area contributed by atoms with Crippen molar-refractivity contribution in [3.05, 3.63) is 59.7 Å². The van der Waals surface area contributed by atoms with Crippen molar-refractivity contribution >= 4 is 5.69 Å². The predicted octanol–water partition coefficient (Wildman–Crippen LogP) is 3.54. The topological polar surface area (TPSA) is 38.5 Å². The number of nitrogens with two attached hydrogens (primary N) is 1. The largest absolute Gasteiger partial charge is 0.491 e. The molecule has 0 saturated carbocycles. The standard InChI is InChI=1S/C19H24N2O/c1-14(2)22-19-10-6-4-8-16(19)18(13-20)21-12-11-15-7-3-5-9-17(15)21/h3-10,14,18H,11-13,20H2,1-2H3. The average Bonchev–Trinajstić information content (AvgIpc) is 2.93. The quantitative estimate of drug-likeness (QED) is 0.917. The molecule has 1 aliphatic heterocycles. The average molecular weight is 296 g/mol. The van der Waals surface area contributed by atoms with Crippen molar-refractivity contribution in [3.63, 3.8) is 0 Å². The van der Waals surface area contributed by atoms with E-state index in [0.29, 0.717) is 6.54 Å². The SMILES string of the molecule is CC(C)Oc1ccccc1C(CN)N1CCc2ccccc21. The molecule has 0 spiro atoms. The Morgan fingerprint density at radius 3 is 2.59 bits per heavy atom. The molecule has 1 heterocycles. The highest BCUT2D eigenvalue weighted by molar-refractivity contribution is 5.60. The van der Waals surface area contributed by atoms with Gasteiger partial charge in [-0.05, 0) is 38.0 Å². The van der Waals surface area contributed by atoms with E-state index >= 15 is 0 Å². The van der Waals surface area contributed by atoms with Crippen LogP contribution in [-0.4, -0.2) is 19.2 Å². The van der Waals surface area contributed by atoms with Crippen LogP contribution in [0.15, 0.2) is 48.5 Å². The van der Waals surface area contributed by atoms with Gasteiger partial charge in [-0.25, -0.2) is 0 Å². The van der Waals surface area contributed by atoms with Crippen molar-refractivity contribution in [2.24, 2.45) is 5.73 Å². The molecule has 0 aromatic heterocycles. The Hall–Kier alpha value is -2.00. The minimum absolute atomic E-state index is 0.151. The smallest absolute Gasteiger partial charge is 0.125 e. The normalized spacial score (nSPS) is 15.0. The van der Waals surface area contributed by atoms with E-state index in [-0.39, 0.29) is 12.1 Å². The summed E-state index contributed by atoms with van der Waals surface area (Å²) in [4.78, 5) is 2.41. The maximum Gasteiger partial charge on any atom is 0.125 e. The molecule has 0 amide bonds. The third kappa shape index (κ3) is 2.81. The number of nitrogens with zero attached hydrogens (tertiary/aromatic N) is 1. The molecule has 1 unspecified atom stereocenters. The van der Waals surface area contributed by atoms with Gasteiger partial charge in [-0.3, -0.25) is 0 Å². The maximum atomic E-state index is 6.14. The van der Waals surface area contributed by atoms with Gasteiger partial charge in [0.25, 0.3) is 0 Å². The summed E-state index contributed by atoms with van der Waals surface area (Å²) in [5, 5.41) is 0. The third-order valence-corrected chi connectivity index (χ3v) is 4.16. The Bertz CT molecular complexity index is 639. The maximum absolute atomic E-state index is 6.14. The van der Waals surface area contributed by atoms with Crippen LogP contribution in [0.5, 0.6) is 5.75 Å². The molecular weight excluding hydrogens is 272 g/mol. The highest BCUT2D eigenvalue weighted by Gasteiger charge is 2.28. The van der Waals surface area contributed by atoms with Crippen LogP contribution in [-0.2, 0) is 6.42 Å². The predicted molar refractivity (Wildman–Crippen MR) is 91.5 cm³/mol. The van der Waals surface area contributed by atoms with Crippen molar-refractivity contribution in [3.8, 4) is 5.75 Å². The van der Waals surface area contributed by atoms with Crippen LogP contribution >= 0.6 is 0 Å². The molecule has 2 aromatic rings. The minimum Gasteiger partial charge on any atom is -0.491 e. The number of rotatable bonds is 5. The molecule has 0 bridgehead atoms. The van der Waals surface area contributed by atoms with Gasteiger partial charge in [0.2, 0.25) is 0 Å². The number of hydrogen-bond acceptors (Lipinski definition) is 3. The van der Waals surface area contributed by atoms with E-state index < -0.39 is 0 Å². The van der Waals surface area contributed by atoms with Crippen LogP contribution < -0.4 is 15.4 Å². The van der Waals surface area contributed by atoms with Crippen LogP contribution in [0.25, 0.3) is 0 Å². The van der Waals surface area contributed by atoms with Gasteiger partial charge in [0.15, 0.2) is 0 Å². The Balaban J connectivity index is 1.96. The van der Waals surface area contributed by atoms with Gasteiger partial charge < -0.3 is 15.4 Å². The van der Waals surface area contributed by atoms with Gasteiger partial charge in [0, 0.05) is 24.3 Å². The van der Waals surface area contributed by atoms with Gasteiger partial charge in [-0.2, -0.15) is 0 Å². The van der Waals surface area contributed by atoms with Crippen LogP contribution in [0.2, 0.25) is 0 Å². The lowest BCUT2D eigenvalue weighted by Crippen LogP contribution is -2.33. The Morgan fingerprint density at radius 2 is 1.82 bits per heavy atom. The molecule has 116 valence electrons. The first kappa shape index (κ1) is 14.9. The van der Waals surface area contributed by atoms with Crippen molar-refractivity contribution in [2.45, 2.75) is 32.4 Å². The number of anilines is 1. The lowest BCUT2D eigenvalue weighted by Gasteiger charge is -2.31. The summed E-state index contributed by atoms with van der Waals surface area (Å²) >= 11 is 0. The fourth-order valence-corrected chi connectivity index (χ4v) is 3.23. The molecule has 0 aliphatic carbocycles. The van der Waals surface area contributed by atoms with Crippen LogP contribution in [0.4, 0.5) is 5.69 Å². The minimum atomic E-state index is 0.151. The van der Waals surface area contributed by atoms with E-state index in [0.717, 1.165) is 18.7 Å². The van der Waals surface area contributed by atoms with Gasteiger partial charge in [-0.1, -0.05) is 36.4 Å². The molecule has 1 aliphatic rings. The first-order chi connectivity index (χ1) is 10.7. The van der Waals surface area contributed by atoms with E-state index in [1.807, 2.05) is 12.1 Å². The summed E-state index contributed by atoms with van der Waals surface area (Å²) in [5.74, 6) is 0.942. The second-order valence-corrected chi connectivity index (χ2v) is 6.03. The summed E-state index contributed by atoms with van der Waals surface area (Å²) in [7, 11) is 0. The molecule has 0 fully saturated rings. The highest BCUT2D eigenvalue weighted by atomic mass is 16.5. The van der Waals surface area contributed by atoms with Gasteiger partial charge >= 0.3 is 0 Å². The molecule has 0 radical (unpaired) electrons. The third-order valence-electron chi connectivity index (χ3n) is 4.16. The van der Waals surface area contributed by atoms with Crippen molar-refractivity contribution in [2.75, 3.05) is 18.0 Å². The zero-order chi connectivity index (χ0) is 15.5. The fraction of sp³-hybridized carbons (Fsp3) is 0.368. The molecule has 0 saturated heterocycles. The van der Waals surface area contributed by atoms with E-state index in [1.165, 1.54) is 16.8 Å². The van der Waals surface area contributed by atoms with E-state index in [2.05, 4.69) is 55.1 Å². The van der Waals surface area contributed by atoms with Gasteiger partial charge in [0.05, 0.1) is 12.1 Å². The molecule has 2 N–H and O–H groups in total. The summed E-state index contributed by atoms with van der Waals surface area (Å²) in [6.45, 7) is 5.70. The molecule has 1 atom stereocenters. The molecule has 22 heavy (non-hydrogen) atoms. The number of fused-ring (bicyclic) bond motifs is 1. The molecule has 3 heteroatoms. The van der Waals surface area contributed by atoms with Crippen LogP contribution in [0.3, 0.4) is 0 Å². The second kappa shape index (κ2) is 6.41. The zero-order valence-electron chi connectivity index (χ0n) is 13.3. The van der Waals surface area contributed by atoms with E-state index in [1.54, 1.807) is 0 Å². The summed E-state index contributed by atoms with van der Waals surface area (Å²) in [6.07, 6.45) is 1.24. The highest BCUT2D eigenvalue weighted by Crippen LogP contribution is 2.37. The van der Waals surface area contributed by atoms with E-state index in [4.69, 9.17) is 10.5 Å². The van der Waals surface area contributed by atoms with Gasteiger partial charge in [0.1, 0.15) is 5.75 Å². The lowest BCUT2D eigenvalue weighted by molar-refractivity contribution is 0.238. The molecular formula is C19H24N2O. The summed E-state index contributed by atoms with van der Waals surface area (Å²) < 4.78 is 5.99. The number of ether oxygens (including phenoxy) is 1. The Kier molecular flexibility index (Phi) is 4.34.